The second-order valence-corrected chi connectivity index (χ2v) is 18.8. The number of benzene rings is 9. The van der Waals surface area contributed by atoms with Gasteiger partial charge in [0.2, 0.25) is 0 Å². The summed E-state index contributed by atoms with van der Waals surface area (Å²) in [5.41, 5.74) is 26.7. The molecule has 1 heteroatoms. The molecule has 0 heterocycles. The van der Waals surface area contributed by atoms with Crippen LogP contribution in [0.25, 0.3) is 55.6 Å². The second kappa shape index (κ2) is 12.4. The molecule has 0 aromatic heterocycles. The Bertz CT molecular complexity index is 3300. The van der Waals surface area contributed by atoms with Crippen LogP contribution in [0.5, 0.6) is 0 Å². The molecule has 0 aliphatic heterocycles. The summed E-state index contributed by atoms with van der Waals surface area (Å²) in [7, 11) is 0. The molecule has 0 saturated heterocycles. The van der Waals surface area contributed by atoms with E-state index < -0.39 is 5.41 Å². The first kappa shape index (κ1) is 35.5. The van der Waals surface area contributed by atoms with Gasteiger partial charge in [-0.05, 0) is 137 Å². The zero-order valence-electron chi connectivity index (χ0n) is 35.5. The second-order valence-electron chi connectivity index (χ2n) is 18.8. The minimum Gasteiger partial charge on any atom is -0.310 e. The van der Waals surface area contributed by atoms with Crippen molar-refractivity contribution < 1.29 is 0 Å². The first-order valence-corrected chi connectivity index (χ1v) is 22.1. The van der Waals surface area contributed by atoms with Gasteiger partial charge in [-0.15, -0.1) is 0 Å². The minimum absolute atomic E-state index is 0.148. The van der Waals surface area contributed by atoms with Crippen molar-refractivity contribution in [3.63, 3.8) is 0 Å². The number of hydrogen-bond donors (Lipinski definition) is 0. The van der Waals surface area contributed by atoms with Crippen LogP contribution in [0.15, 0.2) is 200 Å². The van der Waals surface area contributed by atoms with Crippen LogP contribution in [0, 0.1) is 0 Å². The molecule has 9 aromatic carbocycles. The van der Waals surface area contributed by atoms with Gasteiger partial charge in [0, 0.05) is 27.9 Å². The Labute approximate surface area is 364 Å². The average Bonchev–Trinajstić information content (AvgIpc) is 3.94. The van der Waals surface area contributed by atoms with Crippen molar-refractivity contribution in [3.05, 3.63) is 245 Å². The summed E-state index contributed by atoms with van der Waals surface area (Å²) in [6.45, 7) is 9.57. The van der Waals surface area contributed by atoms with E-state index >= 15 is 0 Å². The quantitative estimate of drug-likeness (QED) is 0.172. The van der Waals surface area contributed by atoms with E-state index in [0.717, 1.165) is 17.1 Å². The van der Waals surface area contributed by atoms with E-state index in [-0.39, 0.29) is 10.8 Å². The van der Waals surface area contributed by atoms with Crippen molar-refractivity contribution in [1.29, 1.82) is 0 Å². The smallest absolute Gasteiger partial charge is 0.0726 e. The van der Waals surface area contributed by atoms with Gasteiger partial charge in [-0.1, -0.05) is 191 Å². The fourth-order valence-corrected chi connectivity index (χ4v) is 12.4. The van der Waals surface area contributed by atoms with E-state index in [2.05, 4.69) is 233 Å². The summed E-state index contributed by atoms with van der Waals surface area (Å²) in [4.78, 5) is 2.56. The van der Waals surface area contributed by atoms with Crippen molar-refractivity contribution in [2.45, 2.75) is 43.9 Å². The molecular weight excluding hydrogens is 747 g/mol. The van der Waals surface area contributed by atoms with Gasteiger partial charge in [0.15, 0.2) is 0 Å². The van der Waals surface area contributed by atoms with Crippen molar-refractivity contribution in [2.24, 2.45) is 0 Å². The summed E-state index contributed by atoms with van der Waals surface area (Å²) >= 11 is 0. The number of rotatable bonds is 4. The number of hydrogen-bond acceptors (Lipinski definition) is 1. The first-order chi connectivity index (χ1) is 30.3. The van der Waals surface area contributed by atoms with Crippen LogP contribution < -0.4 is 4.90 Å². The zero-order chi connectivity index (χ0) is 41.5. The Kier molecular flexibility index (Phi) is 7.12. The highest BCUT2D eigenvalue weighted by Crippen LogP contribution is 2.64. The Morgan fingerprint density at radius 1 is 0.274 bits per heavy atom. The Morgan fingerprint density at radius 3 is 1.21 bits per heavy atom. The highest BCUT2D eigenvalue weighted by molar-refractivity contribution is 5.98. The summed E-state index contributed by atoms with van der Waals surface area (Å²) in [5, 5.41) is 0. The minimum atomic E-state index is -0.446. The lowest BCUT2D eigenvalue weighted by atomic mass is 9.70. The zero-order valence-corrected chi connectivity index (χ0v) is 35.5. The van der Waals surface area contributed by atoms with E-state index in [1.807, 2.05) is 0 Å². The lowest BCUT2D eigenvalue weighted by molar-refractivity contribution is 0.660. The molecule has 4 aliphatic carbocycles. The predicted octanol–water partition coefficient (Wildman–Crippen LogP) is 15.8. The molecular formula is C61H45N. The van der Waals surface area contributed by atoms with Gasteiger partial charge in [0.1, 0.15) is 0 Å². The van der Waals surface area contributed by atoms with E-state index in [9.17, 15) is 0 Å². The number of nitrogens with zero attached hydrogens (tertiary/aromatic N) is 1. The van der Waals surface area contributed by atoms with Crippen LogP contribution in [-0.4, -0.2) is 0 Å². The molecule has 1 spiro atoms. The van der Waals surface area contributed by atoms with Crippen molar-refractivity contribution in [3.8, 4) is 55.6 Å². The van der Waals surface area contributed by atoms with Crippen LogP contribution >= 0.6 is 0 Å². The van der Waals surface area contributed by atoms with Gasteiger partial charge in [-0.2, -0.15) is 0 Å². The maximum atomic E-state index is 2.56. The summed E-state index contributed by atoms with van der Waals surface area (Å²) < 4.78 is 0. The molecule has 1 nitrogen and oxygen atoms in total. The summed E-state index contributed by atoms with van der Waals surface area (Å²) in [6, 6.07) is 75.9. The lowest BCUT2D eigenvalue weighted by Crippen LogP contribution is -2.26. The molecule has 0 amide bonds. The molecule has 0 saturated carbocycles. The molecule has 0 fully saturated rings. The molecule has 0 bridgehead atoms. The molecule has 0 unspecified atom stereocenters. The first-order valence-electron chi connectivity index (χ1n) is 22.1. The number of anilines is 3. The predicted molar refractivity (Wildman–Crippen MR) is 258 cm³/mol. The van der Waals surface area contributed by atoms with Crippen LogP contribution in [0.2, 0.25) is 0 Å². The van der Waals surface area contributed by atoms with Crippen molar-refractivity contribution in [1.82, 2.24) is 0 Å². The Balaban J connectivity index is 1.12. The van der Waals surface area contributed by atoms with Gasteiger partial charge in [0.25, 0.3) is 0 Å². The Morgan fingerprint density at radius 2 is 0.661 bits per heavy atom. The average molecular weight is 792 g/mol. The number of fused-ring (bicyclic) bond motifs is 16. The van der Waals surface area contributed by atoms with E-state index in [0.29, 0.717) is 0 Å². The third-order valence-electron chi connectivity index (χ3n) is 15.0. The largest absolute Gasteiger partial charge is 0.310 e. The molecule has 4 aliphatic rings. The summed E-state index contributed by atoms with van der Waals surface area (Å²) in [6.07, 6.45) is 0. The molecule has 0 radical (unpaired) electrons. The molecule has 294 valence electrons. The SMILES string of the molecule is CC1(C)c2ccccc2-c2ccc(N(c3cc(-c4ccccc4)c4c(c3)-c3ccccc3C4(C)C)c3ccc4c(c3)C3(c5ccccc5-c5ccccc53)c3ccccc3-4)cc21. The molecule has 0 atom stereocenters. The fourth-order valence-electron chi connectivity index (χ4n) is 12.4. The highest BCUT2D eigenvalue weighted by Gasteiger charge is 2.52. The topological polar surface area (TPSA) is 3.24 Å². The monoisotopic (exact) mass is 791 g/mol. The van der Waals surface area contributed by atoms with Gasteiger partial charge in [0.05, 0.1) is 5.41 Å². The maximum Gasteiger partial charge on any atom is 0.0726 e. The van der Waals surface area contributed by atoms with Crippen molar-refractivity contribution in [2.75, 3.05) is 4.90 Å². The van der Waals surface area contributed by atoms with Crippen LogP contribution in [0.3, 0.4) is 0 Å². The molecule has 13 rings (SSSR count). The van der Waals surface area contributed by atoms with Gasteiger partial charge in [-0.25, -0.2) is 0 Å². The van der Waals surface area contributed by atoms with E-state index in [4.69, 9.17) is 0 Å². The summed E-state index contributed by atoms with van der Waals surface area (Å²) in [5.74, 6) is 0. The molecule has 0 N–H and O–H groups in total. The van der Waals surface area contributed by atoms with Gasteiger partial charge < -0.3 is 4.90 Å². The molecule has 9 aromatic rings. The highest BCUT2D eigenvalue weighted by atomic mass is 15.1. The van der Waals surface area contributed by atoms with Gasteiger partial charge >= 0.3 is 0 Å². The third-order valence-corrected chi connectivity index (χ3v) is 15.0. The third kappa shape index (κ3) is 4.48. The molecule has 62 heavy (non-hydrogen) atoms. The van der Waals surface area contributed by atoms with Gasteiger partial charge in [-0.3, -0.25) is 0 Å². The fraction of sp³-hybridized carbons (Fsp3) is 0.115. The van der Waals surface area contributed by atoms with Crippen LogP contribution in [-0.2, 0) is 16.2 Å². The maximum absolute atomic E-state index is 2.56. The lowest BCUT2D eigenvalue weighted by Gasteiger charge is -2.33. The van der Waals surface area contributed by atoms with Crippen LogP contribution in [0.1, 0.15) is 72.2 Å². The normalized spacial score (nSPS) is 15.5. The van der Waals surface area contributed by atoms with E-state index in [1.165, 1.54) is 100 Å². The van der Waals surface area contributed by atoms with E-state index in [1.54, 1.807) is 0 Å². The van der Waals surface area contributed by atoms with Crippen LogP contribution in [0.4, 0.5) is 17.1 Å². The Hall–Kier alpha value is -7.22. The standard InChI is InChI=1S/C61H45N/c1-59(2)51-25-13-8-20-42(51)47-32-30-39(36-56(47)59)62(41-34-49(38-18-6-5-7-19-38)58-50(35-41)46-24-9-14-26-52(46)60(58,3)4)40-31-33-48-45-23-12-17-29-55(45)61(57(48)37-40)53-27-15-10-21-43(53)44-22-11-16-28-54(44)61/h5-37H,1-4H3. The van der Waals surface area contributed by atoms with Crippen molar-refractivity contribution >= 4 is 17.1 Å².